The van der Waals surface area contributed by atoms with Gasteiger partial charge in [-0.2, -0.15) is 0 Å². The zero-order valence-electron chi connectivity index (χ0n) is 10.7. The fraction of sp³-hybridized carbons (Fsp3) is 0.462. The van der Waals surface area contributed by atoms with Gasteiger partial charge in [0.2, 0.25) is 0 Å². The Balaban J connectivity index is 3.13. The lowest BCUT2D eigenvalue weighted by Gasteiger charge is -2.18. The molecule has 1 rings (SSSR count). The SMILES string of the molecule is COc1ccc(Br)c(CCC(=O)O)c1OC(C)C. The van der Waals surface area contributed by atoms with Crippen molar-refractivity contribution in [2.45, 2.75) is 32.8 Å². The van der Waals surface area contributed by atoms with Gasteiger partial charge in [0.05, 0.1) is 13.2 Å². The van der Waals surface area contributed by atoms with Crippen LogP contribution < -0.4 is 9.47 Å². The van der Waals surface area contributed by atoms with E-state index in [-0.39, 0.29) is 12.5 Å². The Labute approximate surface area is 115 Å². The first-order chi connectivity index (χ1) is 8.45. The molecule has 0 aliphatic heterocycles. The number of hydrogen-bond donors (Lipinski definition) is 1. The van der Waals surface area contributed by atoms with Crippen molar-refractivity contribution in [3.63, 3.8) is 0 Å². The second-order valence-electron chi connectivity index (χ2n) is 4.12. The van der Waals surface area contributed by atoms with Gasteiger partial charge in [-0.25, -0.2) is 0 Å². The molecule has 0 fully saturated rings. The highest BCUT2D eigenvalue weighted by atomic mass is 79.9. The normalized spacial score (nSPS) is 10.5. The molecule has 0 saturated carbocycles. The van der Waals surface area contributed by atoms with Crippen molar-refractivity contribution in [1.29, 1.82) is 0 Å². The van der Waals surface area contributed by atoms with E-state index in [4.69, 9.17) is 14.6 Å². The van der Waals surface area contributed by atoms with Crippen LogP contribution in [0, 0.1) is 0 Å². The lowest BCUT2D eigenvalue weighted by atomic mass is 10.1. The van der Waals surface area contributed by atoms with Crippen LogP contribution in [0.4, 0.5) is 0 Å². The van der Waals surface area contributed by atoms with Crippen LogP contribution in [-0.2, 0) is 11.2 Å². The van der Waals surface area contributed by atoms with Gasteiger partial charge in [-0.3, -0.25) is 4.79 Å². The van der Waals surface area contributed by atoms with E-state index in [2.05, 4.69) is 15.9 Å². The van der Waals surface area contributed by atoms with Crippen LogP contribution in [0.1, 0.15) is 25.8 Å². The van der Waals surface area contributed by atoms with Gasteiger partial charge >= 0.3 is 5.97 Å². The fourth-order valence-corrected chi connectivity index (χ4v) is 2.08. The minimum absolute atomic E-state index is 0.00298. The van der Waals surface area contributed by atoms with E-state index in [0.29, 0.717) is 17.9 Å². The molecule has 0 aliphatic rings. The molecule has 100 valence electrons. The summed E-state index contributed by atoms with van der Waals surface area (Å²) in [4.78, 5) is 10.7. The highest BCUT2D eigenvalue weighted by molar-refractivity contribution is 9.10. The lowest BCUT2D eigenvalue weighted by Crippen LogP contribution is -2.10. The number of carboxylic acid groups (broad SMARTS) is 1. The number of rotatable bonds is 6. The van der Waals surface area contributed by atoms with Gasteiger partial charge in [-0.1, -0.05) is 15.9 Å². The molecule has 0 spiro atoms. The van der Waals surface area contributed by atoms with Gasteiger partial charge in [0.1, 0.15) is 0 Å². The Morgan fingerprint density at radius 3 is 2.61 bits per heavy atom. The molecule has 0 aromatic heterocycles. The van der Waals surface area contributed by atoms with E-state index in [0.717, 1.165) is 10.0 Å². The average molecular weight is 317 g/mol. The summed E-state index contributed by atoms with van der Waals surface area (Å²) in [6, 6.07) is 3.63. The van der Waals surface area contributed by atoms with E-state index >= 15 is 0 Å². The molecule has 0 radical (unpaired) electrons. The lowest BCUT2D eigenvalue weighted by molar-refractivity contribution is -0.136. The van der Waals surface area contributed by atoms with Gasteiger partial charge in [0, 0.05) is 16.5 Å². The summed E-state index contributed by atoms with van der Waals surface area (Å²) < 4.78 is 11.8. The van der Waals surface area contributed by atoms with Gasteiger partial charge in [0.15, 0.2) is 11.5 Å². The van der Waals surface area contributed by atoms with Gasteiger partial charge < -0.3 is 14.6 Å². The van der Waals surface area contributed by atoms with Crippen molar-refractivity contribution in [1.82, 2.24) is 0 Å². The smallest absolute Gasteiger partial charge is 0.303 e. The topological polar surface area (TPSA) is 55.8 Å². The highest BCUT2D eigenvalue weighted by Crippen LogP contribution is 2.37. The number of methoxy groups -OCH3 is 1. The van der Waals surface area contributed by atoms with Gasteiger partial charge in [-0.15, -0.1) is 0 Å². The Bertz CT molecular complexity index is 429. The first kappa shape index (κ1) is 14.8. The zero-order chi connectivity index (χ0) is 13.7. The Kier molecular flexibility index (Phi) is 5.47. The van der Waals surface area contributed by atoms with E-state index in [1.165, 1.54) is 0 Å². The number of benzene rings is 1. The summed E-state index contributed by atoms with van der Waals surface area (Å²) in [7, 11) is 1.57. The number of carbonyl (C=O) groups is 1. The first-order valence-electron chi connectivity index (χ1n) is 5.69. The minimum Gasteiger partial charge on any atom is -0.493 e. The summed E-state index contributed by atoms with van der Waals surface area (Å²) in [5.41, 5.74) is 0.824. The highest BCUT2D eigenvalue weighted by Gasteiger charge is 2.16. The molecular weight excluding hydrogens is 300 g/mol. The summed E-state index contributed by atoms with van der Waals surface area (Å²) in [6.07, 6.45) is 0.451. The molecule has 0 heterocycles. The minimum atomic E-state index is -0.833. The molecule has 0 amide bonds. The predicted molar refractivity (Wildman–Crippen MR) is 72.4 cm³/mol. The van der Waals surface area contributed by atoms with Crippen LogP contribution >= 0.6 is 15.9 Å². The maximum absolute atomic E-state index is 10.7. The number of carboxylic acids is 1. The van der Waals surface area contributed by atoms with Crippen LogP contribution in [0.5, 0.6) is 11.5 Å². The second-order valence-corrected chi connectivity index (χ2v) is 4.97. The summed E-state index contributed by atoms with van der Waals surface area (Å²) in [5.74, 6) is 0.399. The standard InChI is InChI=1S/C13H17BrO4/c1-8(2)18-13-9(4-7-12(15)16)10(14)5-6-11(13)17-3/h5-6,8H,4,7H2,1-3H3,(H,15,16). The van der Waals surface area contributed by atoms with Crippen LogP contribution in [0.2, 0.25) is 0 Å². The maximum Gasteiger partial charge on any atom is 0.303 e. The number of halogens is 1. The quantitative estimate of drug-likeness (QED) is 0.875. The molecule has 0 bridgehead atoms. The van der Waals surface area contributed by atoms with Crippen molar-refractivity contribution in [2.75, 3.05) is 7.11 Å². The van der Waals surface area contributed by atoms with Crippen molar-refractivity contribution < 1.29 is 19.4 Å². The van der Waals surface area contributed by atoms with Crippen LogP contribution in [0.15, 0.2) is 16.6 Å². The van der Waals surface area contributed by atoms with Crippen LogP contribution in [-0.4, -0.2) is 24.3 Å². The van der Waals surface area contributed by atoms with E-state index < -0.39 is 5.97 Å². The largest absolute Gasteiger partial charge is 0.493 e. The summed E-state index contributed by atoms with van der Waals surface area (Å²) >= 11 is 3.42. The third-order valence-electron chi connectivity index (χ3n) is 2.33. The second kappa shape index (κ2) is 6.64. The molecule has 1 aromatic rings. The maximum atomic E-state index is 10.7. The first-order valence-corrected chi connectivity index (χ1v) is 6.48. The van der Waals surface area contributed by atoms with E-state index in [9.17, 15) is 4.79 Å². The fourth-order valence-electron chi connectivity index (χ4n) is 1.57. The predicted octanol–water partition coefficient (Wildman–Crippen LogP) is 3.26. The molecule has 0 saturated heterocycles. The molecular formula is C13H17BrO4. The molecule has 4 nitrogen and oxygen atoms in total. The molecule has 1 N–H and O–H groups in total. The number of hydrogen-bond acceptors (Lipinski definition) is 3. The monoisotopic (exact) mass is 316 g/mol. The molecule has 0 unspecified atom stereocenters. The number of aliphatic carboxylic acids is 1. The molecule has 18 heavy (non-hydrogen) atoms. The van der Waals surface area contributed by atoms with E-state index in [1.54, 1.807) is 13.2 Å². The summed E-state index contributed by atoms with van der Waals surface area (Å²) in [5, 5.41) is 8.78. The van der Waals surface area contributed by atoms with Gasteiger partial charge in [-0.05, 0) is 32.4 Å². The third kappa shape index (κ3) is 3.91. The van der Waals surface area contributed by atoms with Crippen LogP contribution in [0.25, 0.3) is 0 Å². The molecule has 0 aliphatic carbocycles. The Hall–Kier alpha value is -1.23. The van der Waals surface area contributed by atoms with E-state index in [1.807, 2.05) is 19.9 Å². The van der Waals surface area contributed by atoms with Gasteiger partial charge in [0.25, 0.3) is 0 Å². The van der Waals surface area contributed by atoms with Crippen molar-refractivity contribution in [3.05, 3.63) is 22.2 Å². The summed E-state index contributed by atoms with van der Waals surface area (Å²) in [6.45, 7) is 3.84. The molecule has 0 atom stereocenters. The Morgan fingerprint density at radius 1 is 1.44 bits per heavy atom. The zero-order valence-corrected chi connectivity index (χ0v) is 12.3. The Morgan fingerprint density at radius 2 is 2.11 bits per heavy atom. The van der Waals surface area contributed by atoms with Crippen molar-refractivity contribution >= 4 is 21.9 Å². The van der Waals surface area contributed by atoms with Crippen molar-refractivity contribution in [3.8, 4) is 11.5 Å². The molecule has 5 heteroatoms. The van der Waals surface area contributed by atoms with Crippen LogP contribution in [0.3, 0.4) is 0 Å². The average Bonchev–Trinajstić information content (AvgIpc) is 2.27. The molecule has 1 aromatic carbocycles. The third-order valence-corrected chi connectivity index (χ3v) is 3.07. The number of ether oxygens (including phenoxy) is 2. The van der Waals surface area contributed by atoms with Crippen molar-refractivity contribution in [2.24, 2.45) is 0 Å².